The first kappa shape index (κ1) is 20.3. The second-order valence-electron chi connectivity index (χ2n) is 7.81. The van der Waals surface area contributed by atoms with Crippen LogP contribution in [0.1, 0.15) is 44.1 Å². The third-order valence-electron chi connectivity index (χ3n) is 5.71. The number of hydrogen-bond acceptors (Lipinski definition) is 4. The van der Waals surface area contributed by atoms with Gasteiger partial charge >= 0.3 is 7.59 Å². The summed E-state index contributed by atoms with van der Waals surface area (Å²) < 4.78 is 18.7. The molecule has 29 heavy (non-hydrogen) atoms. The molecule has 2 N–H and O–H groups in total. The van der Waals surface area contributed by atoms with Crippen LogP contribution in [0, 0.1) is 0 Å². The van der Waals surface area contributed by atoms with Gasteiger partial charge in [-0.1, -0.05) is 43.2 Å². The number of benzene rings is 1. The lowest BCUT2D eigenvalue weighted by Crippen LogP contribution is -2.40. The summed E-state index contributed by atoms with van der Waals surface area (Å²) in [7, 11) is -2.92. The van der Waals surface area contributed by atoms with Crippen LogP contribution in [0.4, 0.5) is 11.5 Å². The number of anilines is 2. The van der Waals surface area contributed by atoms with Crippen molar-refractivity contribution in [3.05, 3.63) is 48.4 Å². The van der Waals surface area contributed by atoms with Gasteiger partial charge in [0.15, 0.2) is 5.82 Å². The molecule has 3 heterocycles. The molecule has 0 spiro atoms. The minimum absolute atomic E-state index is 0.657. The molecule has 0 radical (unpaired) electrons. The lowest BCUT2D eigenvalue weighted by Gasteiger charge is -2.42. The van der Waals surface area contributed by atoms with Crippen LogP contribution in [0.25, 0.3) is 0 Å². The maximum Gasteiger partial charge on any atom is 0.308 e. The Morgan fingerprint density at radius 1 is 0.897 bits per heavy atom. The van der Waals surface area contributed by atoms with Crippen LogP contribution < -0.4 is 10.4 Å². The van der Waals surface area contributed by atoms with E-state index >= 15 is 0 Å². The SMILES string of the molecule is O=P(Nc1cncnc1NCc1ccccc1)(N1CCCCC1)N1CCCCC1. The van der Waals surface area contributed by atoms with E-state index in [4.69, 9.17) is 0 Å². The molecule has 0 unspecified atom stereocenters. The quantitative estimate of drug-likeness (QED) is 0.643. The molecule has 2 aliphatic heterocycles. The van der Waals surface area contributed by atoms with Crippen molar-refractivity contribution in [1.82, 2.24) is 19.3 Å². The van der Waals surface area contributed by atoms with Crippen LogP contribution in [0.15, 0.2) is 42.9 Å². The molecule has 2 fully saturated rings. The monoisotopic (exact) mass is 414 g/mol. The van der Waals surface area contributed by atoms with E-state index < -0.39 is 7.59 Å². The summed E-state index contributed by atoms with van der Waals surface area (Å²) in [5, 5.41) is 6.81. The third kappa shape index (κ3) is 4.97. The zero-order valence-electron chi connectivity index (χ0n) is 17.0. The Kier molecular flexibility index (Phi) is 6.80. The largest absolute Gasteiger partial charge is 0.364 e. The van der Waals surface area contributed by atoms with Crippen LogP contribution in [0.3, 0.4) is 0 Å². The molecule has 4 rings (SSSR count). The normalized spacial score (nSPS) is 19.0. The van der Waals surface area contributed by atoms with Gasteiger partial charge in [-0.15, -0.1) is 0 Å². The molecule has 156 valence electrons. The Bertz CT molecular complexity index is 799. The fourth-order valence-corrected chi connectivity index (χ4v) is 6.88. The zero-order chi connectivity index (χ0) is 19.9. The highest BCUT2D eigenvalue weighted by molar-refractivity contribution is 7.60. The van der Waals surface area contributed by atoms with Gasteiger partial charge in [0, 0.05) is 32.7 Å². The Labute approximate surface area is 173 Å². The Balaban J connectivity index is 1.56. The summed E-state index contributed by atoms with van der Waals surface area (Å²) in [5.74, 6) is 0.693. The fourth-order valence-electron chi connectivity index (χ4n) is 4.11. The minimum Gasteiger partial charge on any atom is -0.364 e. The van der Waals surface area contributed by atoms with E-state index in [9.17, 15) is 4.57 Å². The van der Waals surface area contributed by atoms with Crippen molar-refractivity contribution in [2.75, 3.05) is 36.6 Å². The topological polar surface area (TPSA) is 73.4 Å². The van der Waals surface area contributed by atoms with E-state index in [1.165, 1.54) is 24.7 Å². The first-order chi connectivity index (χ1) is 14.3. The summed E-state index contributed by atoms with van der Waals surface area (Å²) in [6.45, 7) is 4.16. The van der Waals surface area contributed by atoms with Crippen molar-refractivity contribution in [2.45, 2.75) is 45.1 Å². The fraction of sp³-hybridized carbons (Fsp3) is 0.524. The number of piperidine rings is 2. The second-order valence-corrected chi connectivity index (χ2v) is 10.3. The van der Waals surface area contributed by atoms with E-state index in [1.54, 1.807) is 6.20 Å². The van der Waals surface area contributed by atoms with E-state index in [0.29, 0.717) is 18.1 Å². The molecule has 2 aliphatic rings. The van der Waals surface area contributed by atoms with Crippen molar-refractivity contribution in [3.63, 3.8) is 0 Å². The average Bonchev–Trinajstić information content (AvgIpc) is 2.80. The molecule has 0 amide bonds. The van der Waals surface area contributed by atoms with Gasteiger partial charge in [-0.05, 0) is 31.2 Å². The lowest BCUT2D eigenvalue weighted by atomic mass is 10.2. The standard InChI is InChI=1S/C21H31N6OP/c28-29(26-12-6-2-7-13-26,27-14-8-3-9-15-27)25-20-17-22-18-24-21(20)23-16-19-10-4-1-5-11-19/h1,4-5,10-11,17-18H,2-3,6-9,12-16H2,(H,25,28)(H,22,23,24). The van der Waals surface area contributed by atoms with Gasteiger partial charge in [-0.3, -0.25) is 4.57 Å². The molecule has 0 saturated carbocycles. The third-order valence-corrected chi connectivity index (χ3v) is 8.58. The predicted octanol–water partition coefficient (Wildman–Crippen LogP) is 4.58. The molecule has 2 saturated heterocycles. The molecule has 2 aromatic rings. The Morgan fingerprint density at radius 3 is 2.14 bits per heavy atom. The summed E-state index contributed by atoms with van der Waals surface area (Å²) in [5.41, 5.74) is 1.88. The molecule has 0 atom stereocenters. The van der Waals surface area contributed by atoms with Gasteiger partial charge in [0.2, 0.25) is 0 Å². The maximum absolute atomic E-state index is 14.4. The van der Waals surface area contributed by atoms with E-state index in [-0.39, 0.29) is 0 Å². The Morgan fingerprint density at radius 2 is 1.52 bits per heavy atom. The molecule has 8 heteroatoms. The summed E-state index contributed by atoms with van der Waals surface area (Å²) in [6, 6.07) is 10.2. The number of hydrogen-bond donors (Lipinski definition) is 2. The van der Waals surface area contributed by atoms with Crippen LogP contribution in [0.5, 0.6) is 0 Å². The summed E-state index contributed by atoms with van der Waals surface area (Å²) in [4.78, 5) is 8.63. The highest BCUT2D eigenvalue weighted by atomic mass is 31.2. The lowest BCUT2D eigenvalue weighted by molar-refractivity contribution is 0.279. The van der Waals surface area contributed by atoms with Crippen molar-refractivity contribution in [3.8, 4) is 0 Å². The second kappa shape index (κ2) is 9.70. The van der Waals surface area contributed by atoms with Gasteiger partial charge in [-0.2, -0.15) is 0 Å². The molecule has 0 bridgehead atoms. The zero-order valence-corrected chi connectivity index (χ0v) is 17.9. The number of nitrogens with zero attached hydrogens (tertiary/aromatic N) is 4. The molecule has 7 nitrogen and oxygen atoms in total. The van der Waals surface area contributed by atoms with Crippen LogP contribution in [0.2, 0.25) is 0 Å². The van der Waals surface area contributed by atoms with Crippen molar-refractivity contribution in [2.24, 2.45) is 0 Å². The van der Waals surface area contributed by atoms with Crippen molar-refractivity contribution < 1.29 is 4.57 Å². The van der Waals surface area contributed by atoms with Gasteiger partial charge in [0.25, 0.3) is 0 Å². The molecule has 0 aliphatic carbocycles. The van der Waals surface area contributed by atoms with Gasteiger partial charge in [0.05, 0.1) is 6.20 Å². The van der Waals surface area contributed by atoms with Crippen molar-refractivity contribution >= 4 is 19.1 Å². The Hall–Kier alpha value is -1.95. The number of aromatic nitrogens is 2. The van der Waals surface area contributed by atoms with Crippen molar-refractivity contribution in [1.29, 1.82) is 0 Å². The highest BCUT2D eigenvalue weighted by Crippen LogP contribution is 2.55. The van der Waals surface area contributed by atoms with Gasteiger partial charge < -0.3 is 10.4 Å². The van der Waals surface area contributed by atoms with E-state index in [0.717, 1.165) is 51.9 Å². The average molecular weight is 414 g/mol. The maximum atomic E-state index is 14.4. The van der Waals surface area contributed by atoms with Crippen LogP contribution in [-0.4, -0.2) is 45.5 Å². The molecule has 1 aromatic heterocycles. The summed E-state index contributed by atoms with van der Waals surface area (Å²) in [6.07, 6.45) is 10.1. The van der Waals surface area contributed by atoms with E-state index in [2.05, 4.69) is 41.8 Å². The first-order valence-electron chi connectivity index (χ1n) is 10.7. The van der Waals surface area contributed by atoms with Gasteiger partial charge in [0.1, 0.15) is 12.0 Å². The van der Waals surface area contributed by atoms with E-state index in [1.807, 2.05) is 18.2 Å². The van der Waals surface area contributed by atoms with Crippen LogP contribution >= 0.6 is 7.59 Å². The van der Waals surface area contributed by atoms with Gasteiger partial charge in [-0.25, -0.2) is 19.3 Å². The molecular weight excluding hydrogens is 383 g/mol. The first-order valence-corrected chi connectivity index (χ1v) is 12.3. The summed E-state index contributed by atoms with van der Waals surface area (Å²) >= 11 is 0. The smallest absolute Gasteiger partial charge is 0.308 e. The number of nitrogens with one attached hydrogen (secondary N) is 2. The van der Waals surface area contributed by atoms with Crippen LogP contribution in [-0.2, 0) is 11.1 Å². The number of rotatable bonds is 7. The molecular formula is C21H31N6OP. The highest BCUT2D eigenvalue weighted by Gasteiger charge is 2.39. The predicted molar refractivity (Wildman–Crippen MR) is 118 cm³/mol. The molecule has 1 aromatic carbocycles. The minimum atomic E-state index is -2.92.